The van der Waals surface area contributed by atoms with Gasteiger partial charge in [0.25, 0.3) is 0 Å². The molecule has 4 rings (SSSR count). The van der Waals surface area contributed by atoms with Crippen molar-refractivity contribution >= 4 is 10.9 Å². The molecule has 0 spiro atoms. The van der Waals surface area contributed by atoms with Crippen LogP contribution >= 0.6 is 0 Å². The Morgan fingerprint density at radius 2 is 2.21 bits per heavy atom. The minimum absolute atomic E-state index is 0.193. The van der Waals surface area contributed by atoms with E-state index >= 15 is 0 Å². The second kappa shape index (κ2) is 5.98. The SMILES string of the molecule is CC(C)c1ncc2c(n1)CN(Cc1c[nH]c3ccc(F)cc13)CC2. The van der Waals surface area contributed by atoms with Gasteiger partial charge < -0.3 is 4.98 Å². The van der Waals surface area contributed by atoms with Gasteiger partial charge in [-0.2, -0.15) is 0 Å². The third-order valence-electron chi connectivity index (χ3n) is 4.68. The number of benzene rings is 1. The van der Waals surface area contributed by atoms with Crippen LogP contribution in [0.1, 0.15) is 42.4 Å². The average Bonchev–Trinajstić information content (AvgIpc) is 2.96. The molecular formula is C19H21FN4. The molecule has 3 aromatic rings. The summed E-state index contributed by atoms with van der Waals surface area (Å²) in [5.41, 5.74) is 4.49. The number of nitrogens with zero attached hydrogens (tertiary/aromatic N) is 3. The van der Waals surface area contributed by atoms with E-state index in [4.69, 9.17) is 4.98 Å². The van der Waals surface area contributed by atoms with E-state index in [0.717, 1.165) is 54.0 Å². The van der Waals surface area contributed by atoms with Crippen LogP contribution in [0.2, 0.25) is 0 Å². The number of hydrogen-bond donors (Lipinski definition) is 1. The lowest BCUT2D eigenvalue weighted by Gasteiger charge is -2.28. The number of aromatic amines is 1. The standard InChI is InChI=1S/C19H21FN4/c1-12(2)19-22-8-13-5-6-24(11-18(13)23-19)10-14-9-21-17-4-3-15(20)7-16(14)17/h3-4,7-9,12,21H,5-6,10-11H2,1-2H3. The molecule has 1 N–H and O–H groups in total. The molecule has 124 valence electrons. The first kappa shape index (κ1) is 15.3. The van der Waals surface area contributed by atoms with Crippen molar-refractivity contribution in [3.8, 4) is 0 Å². The number of hydrogen-bond acceptors (Lipinski definition) is 3. The molecule has 1 aliphatic heterocycles. The normalized spacial score (nSPS) is 15.2. The van der Waals surface area contributed by atoms with E-state index in [1.165, 1.54) is 11.6 Å². The largest absolute Gasteiger partial charge is 0.361 e. The van der Waals surface area contributed by atoms with Crippen LogP contribution in [-0.2, 0) is 19.5 Å². The van der Waals surface area contributed by atoms with E-state index in [-0.39, 0.29) is 5.82 Å². The first-order valence-corrected chi connectivity index (χ1v) is 8.42. The third kappa shape index (κ3) is 2.80. The molecule has 0 amide bonds. The summed E-state index contributed by atoms with van der Waals surface area (Å²) in [5.74, 6) is 1.05. The summed E-state index contributed by atoms with van der Waals surface area (Å²) in [6.07, 6.45) is 4.93. The summed E-state index contributed by atoms with van der Waals surface area (Å²) in [7, 11) is 0. The van der Waals surface area contributed by atoms with Crippen LogP contribution in [0.3, 0.4) is 0 Å². The quantitative estimate of drug-likeness (QED) is 0.797. The summed E-state index contributed by atoms with van der Waals surface area (Å²) < 4.78 is 13.5. The van der Waals surface area contributed by atoms with E-state index in [1.807, 2.05) is 12.4 Å². The van der Waals surface area contributed by atoms with Crippen LogP contribution < -0.4 is 0 Å². The van der Waals surface area contributed by atoms with Gasteiger partial charge in [-0.3, -0.25) is 4.90 Å². The molecule has 1 aromatic carbocycles. The Bertz CT molecular complexity index is 884. The molecule has 0 bridgehead atoms. The number of rotatable bonds is 3. The lowest BCUT2D eigenvalue weighted by molar-refractivity contribution is 0.241. The van der Waals surface area contributed by atoms with Gasteiger partial charge in [0.15, 0.2) is 0 Å². The second-order valence-electron chi connectivity index (χ2n) is 6.82. The maximum Gasteiger partial charge on any atom is 0.131 e. The van der Waals surface area contributed by atoms with Crippen molar-refractivity contribution in [2.45, 2.75) is 39.3 Å². The minimum atomic E-state index is -0.193. The number of halogens is 1. The predicted octanol–water partition coefficient (Wildman–Crippen LogP) is 3.78. The van der Waals surface area contributed by atoms with Gasteiger partial charge >= 0.3 is 0 Å². The molecular weight excluding hydrogens is 303 g/mol. The minimum Gasteiger partial charge on any atom is -0.361 e. The van der Waals surface area contributed by atoms with Crippen LogP contribution in [0.25, 0.3) is 10.9 Å². The summed E-state index contributed by atoms with van der Waals surface area (Å²) in [4.78, 5) is 14.8. The van der Waals surface area contributed by atoms with E-state index in [1.54, 1.807) is 12.1 Å². The molecule has 3 heterocycles. The molecule has 0 atom stereocenters. The fraction of sp³-hybridized carbons (Fsp3) is 0.368. The van der Waals surface area contributed by atoms with Crippen LogP contribution in [0.4, 0.5) is 4.39 Å². The number of H-pyrrole nitrogens is 1. The first-order chi connectivity index (χ1) is 11.6. The second-order valence-corrected chi connectivity index (χ2v) is 6.82. The summed E-state index contributed by atoms with van der Waals surface area (Å²) in [6, 6.07) is 4.89. The zero-order valence-corrected chi connectivity index (χ0v) is 14.0. The maximum atomic E-state index is 13.5. The van der Waals surface area contributed by atoms with Gasteiger partial charge in [-0.25, -0.2) is 14.4 Å². The highest BCUT2D eigenvalue weighted by atomic mass is 19.1. The smallest absolute Gasteiger partial charge is 0.131 e. The molecule has 2 aromatic heterocycles. The zero-order chi connectivity index (χ0) is 16.7. The van der Waals surface area contributed by atoms with Gasteiger partial charge in [0.05, 0.1) is 5.69 Å². The van der Waals surface area contributed by atoms with Crippen LogP contribution in [-0.4, -0.2) is 26.4 Å². The van der Waals surface area contributed by atoms with Crippen molar-refractivity contribution in [1.29, 1.82) is 0 Å². The van der Waals surface area contributed by atoms with Crippen molar-refractivity contribution in [1.82, 2.24) is 19.9 Å². The van der Waals surface area contributed by atoms with Gasteiger partial charge in [-0.05, 0) is 35.7 Å². The molecule has 0 unspecified atom stereocenters. The summed E-state index contributed by atoms with van der Waals surface area (Å²) in [6.45, 7) is 6.81. The van der Waals surface area contributed by atoms with E-state index < -0.39 is 0 Å². The Morgan fingerprint density at radius 3 is 3.04 bits per heavy atom. The number of fused-ring (bicyclic) bond motifs is 2. The Kier molecular flexibility index (Phi) is 3.81. The lowest BCUT2D eigenvalue weighted by Crippen LogP contribution is -2.31. The molecule has 0 radical (unpaired) electrons. The Labute approximate surface area is 140 Å². The van der Waals surface area contributed by atoms with Crippen molar-refractivity contribution in [2.24, 2.45) is 0 Å². The Balaban J connectivity index is 1.58. The molecule has 24 heavy (non-hydrogen) atoms. The van der Waals surface area contributed by atoms with Gasteiger partial charge in [0.1, 0.15) is 11.6 Å². The molecule has 4 nitrogen and oxygen atoms in total. The van der Waals surface area contributed by atoms with Crippen LogP contribution in [0, 0.1) is 5.82 Å². The van der Waals surface area contributed by atoms with Gasteiger partial charge in [0, 0.05) is 48.8 Å². The van der Waals surface area contributed by atoms with Crippen LogP contribution in [0.15, 0.2) is 30.6 Å². The fourth-order valence-corrected chi connectivity index (χ4v) is 3.31. The first-order valence-electron chi connectivity index (χ1n) is 8.42. The molecule has 0 aliphatic carbocycles. The van der Waals surface area contributed by atoms with E-state index in [9.17, 15) is 4.39 Å². The number of aromatic nitrogens is 3. The molecule has 0 saturated carbocycles. The average molecular weight is 324 g/mol. The highest BCUT2D eigenvalue weighted by molar-refractivity contribution is 5.83. The highest BCUT2D eigenvalue weighted by Crippen LogP contribution is 2.24. The fourth-order valence-electron chi connectivity index (χ4n) is 3.31. The van der Waals surface area contributed by atoms with Crippen molar-refractivity contribution in [3.05, 3.63) is 59.1 Å². The van der Waals surface area contributed by atoms with Gasteiger partial charge in [-0.1, -0.05) is 13.8 Å². The van der Waals surface area contributed by atoms with Crippen molar-refractivity contribution in [2.75, 3.05) is 6.54 Å². The summed E-state index contributed by atoms with van der Waals surface area (Å²) >= 11 is 0. The van der Waals surface area contributed by atoms with Crippen LogP contribution in [0.5, 0.6) is 0 Å². The lowest BCUT2D eigenvalue weighted by atomic mass is 10.0. The topological polar surface area (TPSA) is 44.8 Å². The third-order valence-corrected chi connectivity index (χ3v) is 4.68. The molecule has 0 fully saturated rings. The van der Waals surface area contributed by atoms with Gasteiger partial charge in [0.2, 0.25) is 0 Å². The Hall–Kier alpha value is -2.27. The highest BCUT2D eigenvalue weighted by Gasteiger charge is 2.20. The van der Waals surface area contributed by atoms with Gasteiger partial charge in [-0.15, -0.1) is 0 Å². The molecule has 1 aliphatic rings. The number of nitrogens with one attached hydrogen (secondary N) is 1. The monoisotopic (exact) mass is 324 g/mol. The Morgan fingerprint density at radius 1 is 1.33 bits per heavy atom. The maximum absolute atomic E-state index is 13.5. The predicted molar refractivity (Wildman–Crippen MR) is 92.2 cm³/mol. The van der Waals surface area contributed by atoms with Crippen molar-refractivity contribution < 1.29 is 4.39 Å². The van der Waals surface area contributed by atoms with E-state index in [0.29, 0.717) is 5.92 Å². The molecule has 5 heteroatoms. The molecule has 0 saturated heterocycles. The summed E-state index contributed by atoms with van der Waals surface area (Å²) in [5, 5.41) is 0.964. The van der Waals surface area contributed by atoms with E-state index in [2.05, 4.69) is 28.7 Å². The van der Waals surface area contributed by atoms with Crippen molar-refractivity contribution in [3.63, 3.8) is 0 Å². The zero-order valence-electron chi connectivity index (χ0n) is 14.0.